The molecule has 0 radical (unpaired) electrons. The van der Waals surface area contributed by atoms with Crippen molar-refractivity contribution in [3.05, 3.63) is 29.8 Å². The fourth-order valence-corrected chi connectivity index (χ4v) is 0.951. The van der Waals surface area contributed by atoms with E-state index in [2.05, 4.69) is 12.7 Å². The minimum atomic E-state index is 0.250. The van der Waals surface area contributed by atoms with E-state index < -0.39 is 0 Å². The third-order valence-corrected chi connectivity index (χ3v) is 1.48. The van der Waals surface area contributed by atoms with Crippen LogP contribution in [0.15, 0.2) is 24.3 Å². The molecule has 72 valence electrons. The number of carbonyl (C=O) groups is 1. The van der Waals surface area contributed by atoms with Gasteiger partial charge in [-0.2, -0.15) is 0 Å². The van der Waals surface area contributed by atoms with Crippen molar-refractivity contribution < 1.29 is 9.90 Å². The molecule has 0 spiro atoms. The van der Waals surface area contributed by atoms with E-state index >= 15 is 0 Å². The second kappa shape index (κ2) is 7.16. The Hall–Kier alpha value is -1.51. The van der Waals surface area contributed by atoms with Gasteiger partial charge in [-0.3, -0.25) is 4.79 Å². The molecule has 0 aliphatic carbocycles. The summed E-state index contributed by atoms with van der Waals surface area (Å²) in [6.45, 7) is 2.15. The third kappa shape index (κ3) is 5.73. The Morgan fingerprint density at radius 2 is 1.85 bits per heavy atom. The summed E-state index contributed by atoms with van der Waals surface area (Å²) in [5, 5.41) is 8.92. The van der Waals surface area contributed by atoms with Crippen LogP contribution >= 0.6 is 0 Å². The van der Waals surface area contributed by atoms with Crippen LogP contribution in [0.5, 0.6) is 5.75 Å². The van der Waals surface area contributed by atoms with E-state index in [1.54, 1.807) is 12.1 Å². The molecule has 0 fully saturated rings. The van der Waals surface area contributed by atoms with E-state index in [0.29, 0.717) is 5.75 Å². The standard InChI is InChI=1S/C9H12O.CH3NO/c1-2-3-8-4-6-9(10)7-5-8;2-1-3/h4-7,10H,2-3H2,1H3;1H,(H2,2,3). The molecule has 0 saturated heterocycles. The zero-order valence-electron chi connectivity index (χ0n) is 7.73. The predicted molar refractivity (Wildman–Crippen MR) is 52.4 cm³/mol. The van der Waals surface area contributed by atoms with Crippen LogP contribution in [0.2, 0.25) is 0 Å². The summed E-state index contributed by atoms with van der Waals surface area (Å²) < 4.78 is 0. The summed E-state index contributed by atoms with van der Waals surface area (Å²) >= 11 is 0. The Kier molecular flexibility index (Phi) is 6.32. The lowest BCUT2D eigenvalue weighted by Crippen LogP contribution is -1.82. The number of amides is 1. The average Bonchev–Trinajstić information content (AvgIpc) is 2.11. The first kappa shape index (κ1) is 11.5. The number of benzene rings is 1. The molecule has 0 unspecified atom stereocenters. The van der Waals surface area contributed by atoms with Crippen molar-refractivity contribution in [3.8, 4) is 5.75 Å². The van der Waals surface area contributed by atoms with Gasteiger partial charge in [0.2, 0.25) is 6.41 Å². The van der Waals surface area contributed by atoms with Gasteiger partial charge in [0.1, 0.15) is 5.75 Å². The fourth-order valence-electron chi connectivity index (χ4n) is 0.951. The maximum atomic E-state index is 8.92. The Bertz CT molecular complexity index is 231. The van der Waals surface area contributed by atoms with Crippen LogP contribution in [-0.2, 0) is 11.2 Å². The number of hydrogen-bond donors (Lipinski definition) is 2. The summed E-state index contributed by atoms with van der Waals surface area (Å²) in [6, 6.07) is 7.37. The van der Waals surface area contributed by atoms with Gasteiger partial charge in [0, 0.05) is 0 Å². The van der Waals surface area contributed by atoms with Crippen LogP contribution < -0.4 is 5.73 Å². The number of carbonyl (C=O) groups excluding carboxylic acids is 1. The minimum Gasteiger partial charge on any atom is -0.508 e. The number of aryl methyl sites for hydroxylation is 1. The molecule has 0 saturated carbocycles. The first-order valence-electron chi connectivity index (χ1n) is 4.17. The van der Waals surface area contributed by atoms with Crippen LogP contribution in [0.1, 0.15) is 18.9 Å². The first-order chi connectivity index (χ1) is 6.24. The lowest BCUT2D eigenvalue weighted by molar-refractivity contribution is -0.106. The van der Waals surface area contributed by atoms with E-state index in [4.69, 9.17) is 9.90 Å². The molecule has 0 aromatic heterocycles. The van der Waals surface area contributed by atoms with Crippen molar-refractivity contribution in [1.82, 2.24) is 0 Å². The van der Waals surface area contributed by atoms with Crippen LogP contribution in [0, 0.1) is 0 Å². The number of rotatable bonds is 2. The molecular weight excluding hydrogens is 166 g/mol. The summed E-state index contributed by atoms with van der Waals surface area (Å²) in [5.74, 6) is 0.347. The lowest BCUT2D eigenvalue weighted by Gasteiger charge is -1.96. The molecule has 1 amide bonds. The van der Waals surface area contributed by atoms with Crippen molar-refractivity contribution in [3.63, 3.8) is 0 Å². The Balaban J connectivity index is 0.000000424. The highest BCUT2D eigenvalue weighted by molar-refractivity contribution is 5.42. The van der Waals surface area contributed by atoms with E-state index in [1.807, 2.05) is 12.1 Å². The molecule has 1 aromatic carbocycles. The summed E-state index contributed by atoms with van der Waals surface area (Å²) in [4.78, 5) is 8.58. The van der Waals surface area contributed by atoms with Crippen LogP contribution in [0.4, 0.5) is 0 Å². The second-order valence-corrected chi connectivity index (χ2v) is 2.55. The molecule has 1 aromatic rings. The van der Waals surface area contributed by atoms with E-state index in [1.165, 1.54) is 5.56 Å². The monoisotopic (exact) mass is 181 g/mol. The largest absolute Gasteiger partial charge is 0.508 e. The predicted octanol–water partition coefficient (Wildman–Crippen LogP) is 1.45. The van der Waals surface area contributed by atoms with Crippen LogP contribution in [0.3, 0.4) is 0 Å². The van der Waals surface area contributed by atoms with Gasteiger partial charge in [-0.1, -0.05) is 25.5 Å². The maximum absolute atomic E-state index is 8.92. The topological polar surface area (TPSA) is 63.3 Å². The molecule has 3 heteroatoms. The summed E-state index contributed by atoms with van der Waals surface area (Å²) in [5.41, 5.74) is 5.46. The summed E-state index contributed by atoms with van der Waals surface area (Å²) in [6.07, 6.45) is 2.51. The van der Waals surface area contributed by atoms with Gasteiger partial charge in [-0.15, -0.1) is 0 Å². The van der Waals surface area contributed by atoms with Gasteiger partial charge in [-0.25, -0.2) is 0 Å². The highest BCUT2D eigenvalue weighted by Gasteiger charge is 1.89. The molecule has 13 heavy (non-hydrogen) atoms. The third-order valence-electron chi connectivity index (χ3n) is 1.48. The molecule has 0 aliphatic rings. The SMILES string of the molecule is CCCc1ccc(O)cc1.NC=O. The minimum absolute atomic E-state index is 0.250. The van der Waals surface area contributed by atoms with Gasteiger partial charge < -0.3 is 10.8 Å². The molecule has 3 nitrogen and oxygen atoms in total. The molecular formula is C10H15NO2. The van der Waals surface area contributed by atoms with Gasteiger partial charge in [-0.05, 0) is 24.1 Å². The second-order valence-electron chi connectivity index (χ2n) is 2.55. The molecule has 3 N–H and O–H groups in total. The van der Waals surface area contributed by atoms with Gasteiger partial charge >= 0.3 is 0 Å². The molecule has 0 bridgehead atoms. The van der Waals surface area contributed by atoms with E-state index in [9.17, 15) is 0 Å². The van der Waals surface area contributed by atoms with Crippen molar-refractivity contribution in [2.45, 2.75) is 19.8 Å². The Labute approximate surface area is 78.2 Å². The Morgan fingerprint density at radius 3 is 2.23 bits per heavy atom. The molecule has 0 aliphatic heterocycles. The zero-order valence-corrected chi connectivity index (χ0v) is 7.73. The number of phenolic OH excluding ortho intramolecular Hbond substituents is 1. The first-order valence-corrected chi connectivity index (χ1v) is 4.17. The molecule has 0 atom stereocenters. The lowest BCUT2D eigenvalue weighted by atomic mass is 10.1. The van der Waals surface area contributed by atoms with Crippen LogP contribution in [-0.4, -0.2) is 11.5 Å². The number of phenols is 1. The fraction of sp³-hybridized carbons (Fsp3) is 0.300. The number of aromatic hydroxyl groups is 1. The molecule has 0 heterocycles. The molecule has 1 rings (SSSR count). The van der Waals surface area contributed by atoms with Crippen molar-refractivity contribution in [2.75, 3.05) is 0 Å². The van der Waals surface area contributed by atoms with Gasteiger partial charge in [0.25, 0.3) is 0 Å². The number of hydrogen-bond acceptors (Lipinski definition) is 2. The van der Waals surface area contributed by atoms with Crippen molar-refractivity contribution in [2.24, 2.45) is 5.73 Å². The maximum Gasteiger partial charge on any atom is 0.204 e. The normalized spacial score (nSPS) is 8.38. The zero-order chi connectivity index (χ0) is 10.1. The number of primary amides is 1. The summed E-state index contributed by atoms with van der Waals surface area (Å²) in [7, 11) is 0. The Morgan fingerprint density at radius 1 is 1.38 bits per heavy atom. The van der Waals surface area contributed by atoms with Crippen molar-refractivity contribution >= 4 is 6.41 Å². The number of nitrogens with two attached hydrogens (primary N) is 1. The smallest absolute Gasteiger partial charge is 0.204 e. The quantitative estimate of drug-likeness (QED) is 0.678. The van der Waals surface area contributed by atoms with Gasteiger partial charge in [0.05, 0.1) is 0 Å². The highest BCUT2D eigenvalue weighted by Crippen LogP contribution is 2.10. The average molecular weight is 181 g/mol. The van der Waals surface area contributed by atoms with E-state index in [0.717, 1.165) is 12.8 Å². The van der Waals surface area contributed by atoms with Crippen LogP contribution in [0.25, 0.3) is 0 Å². The highest BCUT2D eigenvalue weighted by atomic mass is 16.3. The van der Waals surface area contributed by atoms with Gasteiger partial charge in [0.15, 0.2) is 0 Å². The van der Waals surface area contributed by atoms with E-state index in [-0.39, 0.29) is 6.41 Å². The van der Waals surface area contributed by atoms with Crippen molar-refractivity contribution in [1.29, 1.82) is 0 Å².